The van der Waals surface area contributed by atoms with E-state index in [1.54, 1.807) is 24.4 Å². The summed E-state index contributed by atoms with van der Waals surface area (Å²) in [6.07, 6.45) is -2.83. The van der Waals surface area contributed by atoms with E-state index in [0.29, 0.717) is 40.1 Å². The van der Waals surface area contributed by atoms with Crippen LogP contribution in [0.1, 0.15) is 22.7 Å². The van der Waals surface area contributed by atoms with E-state index in [9.17, 15) is 18.3 Å². The average Bonchev–Trinajstić information content (AvgIpc) is 2.73. The molecule has 1 aliphatic heterocycles. The molecule has 3 aromatic rings. The zero-order valence-corrected chi connectivity index (χ0v) is 17.1. The molecule has 2 aromatic carbocycles. The zero-order valence-electron chi connectivity index (χ0n) is 16.3. The maximum atomic E-state index is 13.1. The lowest BCUT2D eigenvalue weighted by Gasteiger charge is -2.38. The Kier molecular flexibility index (Phi) is 5.61. The average molecular weight is 436 g/mol. The van der Waals surface area contributed by atoms with Gasteiger partial charge in [-0.15, -0.1) is 0 Å². The summed E-state index contributed by atoms with van der Waals surface area (Å²) < 4.78 is 39.2. The Morgan fingerprint density at radius 1 is 1.07 bits per heavy atom. The first kappa shape index (κ1) is 20.9. The Morgan fingerprint density at radius 3 is 2.37 bits per heavy atom. The van der Waals surface area contributed by atoms with Gasteiger partial charge in [0.25, 0.3) is 0 Å². The number of aromatic nitrogens is 1. The summed E-state index contributed by atoms with van der Waals surface area (Å²) in [4.78, 5) is 8.62. The Bertz CT molecular complexity index is 1050. The number of nitrogens with zero attached hydrogens (tertiary/aromatic N) is 3. The Balaban J connectivity index is 1.84. The van der Waals surface area contributed by atoms with E-state index in [1.165, 1.54) is 12.1 Å². The molecule has 2 heterocycles. The van der Waals surface area contributed by atoms with Crippen LogP contribution in [0.4, 0.5) is 13.2 Å². The fourth-order valence-corrected chi connectivity index (χ4v) is 4.21. The molecule has 4 rings (SSSR count). The highest BCUT2D eigenvalue weighted by atomic mass is 35.5. The number of rotatable bonds is 3. The number of benzene rings is 2. The lowest BCUT2D eigenvalue weighted by Crippen LogP contribution is -2.46. The summed E-state index contributed by atoms with van der Waals surface area (Å²) in [5.74, 6) is -0.00109. The minimum absolute atomic E-state index is 0.00109. The molecular formula is C22H21ClF3N3O. The Labute approximate surface area is 177 Å². The fourth-order valence-electron chi connectivity index (χ4n) is 3.94. The van der Waals surface area contributed by atoms with Crippen LogP contribution in [-0.4, -0.2) is 53.1 Å². The molecule has 4 nitrogen and oxygen atoms in total. The van der Waals surface area contributed by atoms with Gasteiger partial charge in [0.1, 0.15) is 11.3 Å². The number of hydrogen-bond donors (Lipinski definition) is 1. The molecule has 0 spiro atoms. The van der Waals surface area contributed by atoms with E-state index in [-0.39, 0.29) is 5.75 Å². The molecule has 1 fully saturated rings. The maximum absolute atomic E-state index is 13.1. The van der Waals surface area contributed by atoms with E-state index in [4.69, 9.17) is 11.6 Å². The second kappa shape index (κ2) is 8.06. The first-order chi connectivity index (χ1) is 14.3. The van der Waals surface area contributed by atoms with E-state index in [1.807, 2.05) is 7.05 Å². The summed E-state index contributed by atoms with van der Waals surface area (Å²) >= 11 is 6.49. The SMILES string of the molecule is CN1CCN([C@@H](c2ccc(C(F)(F)F)cc2)c2cc(Cl)c3cccnc3c2O)CC1. The number of halogens is 4. The van der Waals surface area contributed by atoms with Crippen LogP contribution >= 0.6 is 11.6 Å². The molecule has 0 aliphatic carbocycles. The summed E-state index contributed by atoms with van der Waals surface area (Å²) in [6.45, 7) is 3.05. The molecular weight excluding hydrogens is 415 g/mol. The highest BCUT2D eigenvalue weighted by Crippen LogP contribution is 2.41. The summed E-state index contributed by atoms with van der Waals surface area (Å²) in [5.41, 5.74) is 0.876. The molecule has 1 saturated heterocycles. The van der Waals surface area contributed by atoms with Gasteiger partial charge in [0.2, 0.25) is 0 Å². The van der Waals surface area contributed by atoms with E-state index in [0.717, 1.165) is 25.2 Å². The number of phenols is 1. The van der Waals surface area contributed by atoms with Crippen molar-refractivity contribution in [3.05, 3.63) is 70.4 Å². The number of phenolic OH excluding ortho intramolecular Hbond substituents is 1. The van der Waals surface area contributed by atoms with Crippen molar-refractivity contribution in [3.8, 4) is 5.75 Å². The number of fused-ring (bicyclic) bond motifs is 1. The third-order valence-electron chi connectivity index (χ3n) is 5.60. The molecule has 0 bridgehead atoms. The van der Waals surface area contributed by atoms with Gasteiger partial charge in [-0.05, 0) is 42.9 Å². The first-order valence-electron chi connectivity index (χ1n) is 9.61. The smallest absolute Gasteiger partial charge is 0.416 e. The van der Waals surface area contributed by atoms with Crippen LogP contribution in [0.5, 0.6) is 5.75 Å². The number of aromatic hydroxyl groups is 1. The minimum atomic E-state index is -4.40. The lowest BCUT2D eigenvalue weighted by atomic mass is 9.93. The van der Waals surface area contributed by atoms with Gasteiger partial charge in [0.05, 0.1) is 16.6 Å². The van der Waals surface area contributed by atoms with Gasteiger partial charge in [0.15, 0.2) is 0 Å². The summed E-state index contributed by atoms with van der Waals surface area (Å²) in [7, 11) is 2.03. The summed E-state index contributed by atoms with van der Waals surface area (Å²) in [6, 6.07) is 9.88. The van der Waals surface area contributed by atoms with Crippen LogP contribution in [0.2, 0.25) is 5.02 Å². The third kappa shape index (κ3) is 3.97. The second-order valence-electron chi connectivity index (χ2n) is 7.56. The highest BCUT2D eigenvalue weighted by Gasteiger charge is 2.32. The van der Waals surface area contributed by atoms with Gasteiger partial charge in [-0.3, -0.25) is 9.88 Å². The predicted octanol–water partition coefficient (Wildman–Crippen LogP) is 4.95. The number of alkyl halides is 3. The second-order valence-corrected chi connectivity index (χ2v) is 7.96. The van der Waals surface area contributed by atoms with Crippen molar-refractivity contribution in [3.63, 3.8) is 0 Å². The van der Waals surface area contributed by atoms with Crippen molar-refractivity contribution in [1.29, 1.82) is 0 Å². The lowest BCUT2D eigenvalue weighted by molar-refractivity contribution is -0.137. The molecule has 0 radical (unpaired) electrons. The minimum Gasteiger partial charge on any atom is -0.505 e. The van der Waals surface area contributed by atoms with Gasteiger partial charge in [-0.1, -0.05) is 23.7 Å². The zero-order chi connectivity index (χ0) is 21.5. The topological polar surface area (TPSA) is 39.6 Å². The third-order valence-corrected chi connectivity index (χ3v) is 5.91. The van der Waals surface area contributed by atoms with E-state index in [2.05, 4.69) is 14.8 Å². The molecule has 1 atom stereocenters. The maximum Gasteiger partial charge on any atom is 0.416 e. The van der Waals surface area contributed by atoms with Crippen LogP contribution in [0.3, 0.4) is 0 Å². The predicted molar refractivity (Wildman–Crippen MR) is 111 cm³/mol. The van der Waals surface area contributed by atoms with Crippen LogP contribution in [0, 0.1) is 0 Å². The molecule has 8 heteroatoms. The molecule has 1 aromatic heterocycles. The number of likely N-dealkylation sites (N-methyl/N-ethyl adjacent to an activating group) is 1. The van der Waals surface area contributed by atoms with Crippen LogP contribution in [0.15, 0.2) is 48.7 Å². The van der Waals surface area contributed by atoms with Gasteiger partial charge in [-0.2, -0.15) is 13.2 Å². The molecule has 1 N–H and O–H groups in total. The Morgan fingerprint density at radius 2 is 1.73 bits per heavy atom. The molecule has 1 aliphatic rings. The van der Waals surface area contributed by atoms with Crippen molar-refractivity contribution in [2.75, 3.05) is 33.2 Å². The van der Waals surface area contributed by atoms with Crippen molar-refractivity contribution in [2.45, 2.75) is 12.2 Å². The van der Waals surface area contributed by atoms with Gasteiger partial charge in [-0.25, -0.2) is 0 Å². The quantitative estimate of drug-likeness (QED) is 0.632. The Hall–Kier alpha value is -2.35. The molecule has 0 amide bonds. The molecule has 0 unspecified atom stereocenters. The summed E-state index contributed by atoms with van der Waals surface area (Å²) in [5, 5.41) is 12.1. The van der Waals surface area contributed by atoms with Crippen molar-refractivity contribution < 1.29 is 18.3 Å². The molecule has 158 valence electrons. The first-order valence-corrected chi connectivity index (χ1v) is 9.99. The van der Waals surface area contributed by atoms with Crippen molar-refractivity contribution in [1.82, 2.24) is 14.8 Å². The number of piperazine rings is 1. The number of pyridine rings is 1. The van der Waals surface area contributed by atoms with Crippen LogP contribution in [-0.2, 0) is 6.18 Å². The van der Waals surface area contributed by atoms with Crippen molar-refractivity contribution in [2.24, 2.45) is 0 Å². The van der Waals surface area contributed by atoms with Gasteiger partial charge in [0, 0.05) is 43.3 Å². The largest absolute Gasteiger partial charge is 0.505 e. The van der Waals surface area contributed by atoms with E-state index < -0.39 is 17.8 Å². The van der Waals surface area contributed by atoms with Gasteiger partial charge >= 0.3 is 6.18 Å². The molecule has 30 heavy (non-hydrogen) atoms. The van der Waals surface area contributed by atoms with Gasteiger partial charge < -0.3 is 10.0 Å². The monoisotopic (exact) mass is 435 g/mol. The fraction of sp³-hybridized carbons (Fsp3) is 0.318. The van der Waals surface area contributed by atoms with E-state index >= 15 is 0 Å². The normalized spacial score (nSPS) is 17.4. The standard InChI is InChI=1S/C22H21ClF3N3O/c1-28-9-11-29(12-10-28)20(14-4-6-15(7-5-14)22(24,25)26)17-13-18(23)16-3-2-8-27-19(16)21(17)30/h2-8,13,20,30H,9-12H2,1H3/t20-/m0/s1. The number of hydrogen-bond acceptors (Lipinski definition) is 4. The van der Waals surface area contributed by atoms with Crippen LogP contribution < -0.4 is 0 Å². The highest BCUT2D eigenvalue weighted by molar-refractivity contribution is 6.35. The van der Waals surface area contributed by atoms with Crippen molar-refractivity contribution >= 4 is 22.5 Å². The molecule has 0 saturated carbocycles. The van der Waals surface area contributed by atoms with Crippen LogP contribution in [0.25, 0.3) is 10.9 Å².